The summed E-state index contributed by atoms with van der Waals surface area (Å²) >= 11 is 6.31. The minimum Gasteiger partial charge on any atom is -0.489 e. The molecule has 10 heteroatoms. The molecule has 2 heterocycles. The van der Waals surface area contributed by atoms with Crippen molar-refractivity contribution in [1.82, 2.24) is 10.2 Å². The van der Waals surface area contributed by atoms with Crippen LogP contribution in [0.2, 0.25) is 5.02 Å². The third-order valence-electron chi connectivity index (χ3n) is 5.13. The van der Waals surface area contributed by atoms with Gasteiger partial charge in [0.05, 0.1) is 29.7 Å². The predicted octanol–water partition coefficient (Wildman–Crippen LogP) is 3.38. The van der Waals surface area contributed by atoms with Gasteiger partial charge in [-0.2, -0.15) is 0 Å². The fraction of sp³-hybridized carbons (Fsp3) is 0.300. The van der Waals surface area contributed by atoms with Crippen molar-refractivity contribution in [2.45, 2.75) is 25.4 Å². The number of nitrogens with zero attached hydrogens (tertiary/aromatic N) is 2. The van der Waals surface area contributed by atoms with E-state index in [2.05, 4.69) is 5.32 Å². The van der Waals surface area contributed by atoms with Crippen LogP contribution in [0.15, 0.2) is 36.4 Å². The van der Waals surface area contributed by atoms with E-state index in [1.165, 1.54) is 24.3 Å². The number of imide groups is 1. The smallest absolute Gasteiger partial charge is 0.325 e. The maximum absolute atomic E-state index is 13.1. The van der Waals surface area contributed by atoms with Gasteiger partial charge in [-0.25, -0.2) is 4.79 Å². The highest BCUT2D eigenvalue weighted by Crippen LogP contribution is 2.39. The molecule has 1 atom stereocenters. The van der Waals surface area contributed by atoms with Gasteiger partial charge >= 0.3 is 6.03 Å². The number of nitro groups is 1. The molecule has 9 nitrogen and oxygen atoms in total. The fourth-order valence-corrected chi connectivity index (χ4v) is 3.80. The first-order valence-electron chi connectivity index (χ1n) is 9.26. The lowest BCUT2D eigenvalue weighted by Crippen LogP contribution is -2.40. The highest BCUT2D eigenvalue weighted by molar-refractivity contribution is 6.32. The number of carbonyl (C=O) groups excluding carboxylic acids is 2. The summed E-state index contributed by atoms with van der Waals surface area (Å²) in [5.41, 5.74) is -0.370. The number of hydrogen-bond donors (Lipinski definition) is 1. The van der Waals surface area contributed by atoms with Crippen LogP contribution < -0.4 is 14.8 Å². The van der Waals surface area contributed by atoms with E-state index in [4.69, 9.17) is 21.1 Å². The molecule has 0 aromatic heterocycles. The van der Waals surface area contributed by atoms with Crippen molar-refractivity contribution >= 4 is 29.2 Å². The molecule has 1 saturated heterocycles. The van der Waals surface area contributed by atoms with Crippen LogP contribution in [0, 0.1) is 10.1 Å². The summed E-state index contributed by atoms with van der Waals surface area (Å²) in [6.07, 6.45) is 0.723. The Labute approximate surface area is 176 Å². The summed E-state index contributed by atoms with van der Waals surface area (Å²) in [5.74, 6) is 0.454. The van der Waals surface area contributed by atoms with Crippen LogP contribution >= 0.6 is 11.6 Å². The third kappa shape index (κ3) is 3.41. The number of amides is 3. The Bertz CT molecular complexity index is 1040. The van der Waals surface area contributed by atoms with Crippen LogP contribution in [0.5, 0.6) is 11.5 Å². The first-order chi connectivity index (χ1) is 14.3. The molecule has 2 aromatic carbocycles. The molecule has 1 fully saturated rings. The molecule has 30 heavy (non-hydrogen) atoms. The van der Waals surface area contributed by atoms with Gasteiger partial charge in [0.25, 0.3) is 11.6 Å². The van der Waals surface area contributed by atoms with E-state index < -0.39 is 22.4 Å². The monoisotopic (exact) mass is 431 g/mol. The number of non-ortho nitro benzene ring substituents is 1. The number of carbonyl (C=O) groups is 2. The van der Waals surface area contributed by atoms with Gasteiger partial charge in [-0.1, -0.05) is 11.6 Å². The molecule has 2 aliphatic rings. The number of nitrogens with one attached hydrogen (secondary N) is 1. The predicted molar refractivity (Wildman–Crippen MR) is 107 cm³/mol. The van der Waals surface area contributed by atoms with E-state index in [1.54, 1.807) is 19.1 Å². The van der Waals surface area contributed by atoms with E-state index in [-0.39, 0.29) is 12.2 Å². The van der Waals surface area contributed by atoms with Gasteiger partial charge < -0.3 is 14.8 Å². The summed E-state index contributed by atoms with van der Waals surface area (Å²) in [6, 6.07) is 8.29. The zero-order chi connectivity index (χ0) is 21.5. The number of benzene rings is 2. The van der Waals surface area contributed by atoms with Crippen molar-refractivity contribution in [1.29, 1.82) is 0 Å². The van der Waals surface area contributed by atoms with Gasteiger partial charge in [-0.3, -0.25) is 19.8 Å². The van der Waals surface area contributed by atoms with Crippen molar-refractivity contribution in [3.63, 3.8) is 0 Å². The minimum atomic E-state index is -1.33. The quantitative estimate of drug-likeness (QED) is 0.451. The molecule has 0 aliphatic carbocycles. The average molecular weight is 432 g/mol. The zero-order valence-corrected chi connectivity index (χ0v) is 16.8. The van der Waals surface area contributed by atoms with Crippen molar-refractivity contribution in [2.24, 2.45) is 0 Å². The SMILES string of the molecule is CC1(c2ccc([N+](=O)[O-])cc2)NC(=O)N(Cc2cc(Cl)c3c(c2)OCCCO3)C1=O. The van der Waals surface area contributed by atoms with E-state index in [0.717, 1.165) is 11.3 Å². The van der Waals surface area contributed by atoms with E-state index >= 15 is 0 Å². The molecule has 156 valence electrons. The number of hydrogen-bond acceptors (Lipinski definition) is 6. The number of rotatable bonds is 4. The molecule has 0 bridgehead atoms. The second-order valence-electron chi connectivity index (χ2n) is 7.21. The summed E-state index contributed by atoms with van der Waals surface area (Å²) in [6.45, 7) is 2.53. The standard InChI is InChI=1S/C20H18ClN3O6/c1-20(13-3-5-14(6-4-13)24(27)28)18(25)23(19(26)22-20)11-12-9-15(21)17-16(10-12)29-7-2-8-30-17/h3-6,9-10H,2,7-8,11H2,1H3,(H,22,26). The van der Waals surface area contributed by atoms with Gasteiger partial charge in [0.15, 0.2) is 11.5 Å². The Hall–Kier alpha value is -3.33. The molecule has 1 unspecified atom stereocenters. The van der Waals surface area contributed by atoms with Crippen molar-refractivity contribution in [2.75, 3.05) is 13.2 Å². The lowest BCUT2D eigenvalue weighted by atomic mass is 9.92. The highest BCUT2D eigenvalue weighted by atomic mass is 35.5. The van der Waals surface area contributed by atoms with Crippen LogP contribution in [0.3, 0.4) is 0 Å². The van der Waals surface area contributed by atoms with Gasteiger partial charge in [0.1, 0.15) is 5.54 Å². The first-order valence-corrected chi connectivity index (χ1v) is 9.64. The molecule has 2 aliphatic heterocycles. The molecular weight excluding hydrogens is 414 g/mol. The first kappa shape index (κ1) is 20.0. The lowest BCUT2D eigenvalue weighted by molar-refractivity contribution is -0.384. The topological polar surface area (TPSA) is 111 Å². The summed E-state index contributed by atoms with van der Waals surface area (Å²) < 4.78 is 11.3. The van der Waals surface area contributed by atoms with Crippen LogP contribution in [-0.4, -0.2) is 35.0 Å². The number of nitro benzene ring substituents is 1. The normalized spacial score (nSPS) is 20.7. The maximum Gasteiger partial charge on any atom is 0.325 e. The Morgan fingerprint density at radius 2 is 1.90 bits per heavy atom. The Balaban J connectivity index is 1.60. The van der Waals surface area contributed by atoms with Gasteiger partial charge in [-0.15, -0.1) is 0 Å². The molecular formula is C20H18ClN3O6. The van der Waals surface area contributed by atoms with Crippen LogP contribution in [0.1, 0.15) is 24.5 Å². The maximum atomic E-state index is 13.1. The molecule has 4 rings (SSSR count). The molecule has 0 saturated carbocycles. The zero-order valence-electron chi connectivity index (χ0n) is 16.0. The van der Waals surface area contributed by atoms with Crippen LogP contribution in [0.25, 0.3) is 0 Å². The van der Waals surface area contributed by atoms with Gasteiger partial charge in [0.2, 0.25) is 0 Å². The number of halogens is 1. The Morgan fingerprint density at radius 1 is 1.20 bits per heavy atom. The number of fused-ring (bicyclic) bond motifs is 1. The molecule has 0 radical (unpaired) electrons. The summed E-state index contributed by atoms with van der Waals surface area (Å²) in [7, 11) is 0. The fourth-order valence-electron chi connectivity index (χ4n) is 3.51. The van der Waals surface area contributed by atoms with Crippen LogP contribution in [-0.2, 0) is 16.9 Å². The summed E-state index contributed by atoms with van der Waals surface area (Å²) in [5, 5.41) is 13.9. The second kappa shape index (κ2) is 7.49. The molecule has 3 amide bonds. The Kier molecular flexibility index (Phi) is 4.98. The lowest BCUT2D eigenvalue weighted by Gasteiger charge is -2.22. The number of ether oxygens (including phenoxy) is 2. The molecule has 0 spiro atoms. The summed E-state index contributed by atoms with van der Waals surface area (Å²) in [4.78, 5) is 37.1. The molecule has 2 aromatic rings. The van der Waals surface area contributed by atoms with Gasteiger partial charge in [0, 0.05) is 18.6 Å². The van der Waals surface area contributed by atoms with Crippen molar-refractivity contribution in [3.8, 4) is 11.5 Å². The van der Waals surface area contributed by atoms with Gasteiger partial charge in [-0.05, 0) is 42.3 Å². The highest BCUT2D eigenvalue weighted by Gasteiger charge is 2.49. The Morgan fingerprint density at radius 3 is 2.60 bits per heavy atom. The van der Waals surface area contributed by atoms with Crippen molar-refractivity contribution < 1.29 is 24.0 Å². The second-order valence-corrected chi connectivity index (χ2v) is 7.61. The van der Waals surface area contributed by atoms with E-state index in [9.17, 15) is 19.7 Å². The largest absolute Gasteiger partial charge is 0.489 e. The van der Waals surface area contributed by atoms with Crippen LogP contribution in [0.4, 0.5) is 10.5 Å². The third-order valence-corrected chi connectivity index (χ3v) is 5.41. The number of urea groups is 1. The minimum absolute atomic E-state index is 0.0103. The van der Waals surface area contributed by atoms with E-state index in [1.807, 2.05) is 0 Å². The van der Waals surface area contributed by atoms with E-state index in [0.29, 0.717) is 40.9 Å². The molecule has 1 N–H and O–H groups in total. The van der Waals surface area contributed by atoms with Crippen molar-refractivity contribution in [3.05, 3.63) is 62.7 Å². The average Bonchev–Trinajstić information content (AvgIpc) is 2.88.